The van der Waals surface area contributed by atoms with Crippen LogP contribution in [0.2, 0.25) is 0 Å². The van der Waals surface area contributed by atoms with Gasteiger partial charge in [-0.3, -0.25) is 9.36 Å². The molecule has 1 N–H and O–H groups in total. The van der Waals surface area contributed by atoms with Crippen molar-refractivity contribution in [2.24, 2.45) is 0 Å². The maximum atomic E-state index is 14.0. The van der Waals surface area contributed by atoms with E-state index in [1.54, 1.807) is 15.5 Å². The molecule has 0 spiro atoms. The van der Waals surface area contributed by atoms with Crippen LogP contribution in [0.1, 0.15) is 43.3 Å². The molecule has 0 saturated heterocycles. The third-order valence-electron chi connectivity index (χ3n) is 7.03. The zero-order chi connectivity index (χ0) is 28.8. The summed E-state index contributed by atoms with van der Waals surface area (Å²) in [6, 6.07) is 31.5. The Hall–Kier alpha value is -4.91. The number of urea groups is 1. The normalized spacial score (nSPS) is 11.7. The summed E-state index contributed by atoms with van der Waals surface area (Å²) in [5.74, 6) is 1.21. The van der Waals surface area contributed by atoms with Crippen molar-refractivity contribution >= 4 is 22.6 Å². The first-order valence-corrected chi connectivity index (χ1v) is 13.9. The number of aryl methyl sites for hydroxylation is 1. The number of carbonyl (C=O) groups is 1. The average molecular weight is 547 g/mol. The maximum Gasteiger partial charge on any atom is 0.322 e. The number of nitrogens with one attached hydrogen (secondary N) is 1. The van der Waals surface area contributed by atoms with E-state index in [9.17, 15) is 9.59 Å². The quantitative estimate of drug-likeness (QED) is 0.211. The number of carbonyl (C=O) groups excluding carboxylic acids is 1. The number of aromatic nitrogens is 2. The van der Waals surface area contributed by atoms with E-state index in [2.05, 4.69) is 5.32 Å². The largest absolute Gasteiger partial charge is 0.494 e. The van der Waals surface area contributed by atoms with Gasteiger partial charge in [-0.25, -0.2) is 9.78 Å². The van der Waals surface area contributed by atoms with Gasteiger partial charge < -0.3 is 15.0 Å². The van der Waals surface area contributed by atoms with Gasteiger partial charge in [-0.1, -0.05) is 67.1 Å². The molecule has 1 atom stereocenters. The molecule has 0 aliphatic carbocycles. The van der Waals surface area contributed by atoms with Crippen molar-refractivity contribution in [2.45, 2.75) is 39.8 Å². The second-order valence-corrected chi connectivity index (χ2v) is 9.89. The van der Waals surface area contributed by atoms with Crippen molar-refractivity contribution in [1.29, 1.82) is 0 Å². The Morgan fingerprint density at radius 3 is 2.27 bits per heavy atom. The van der Waals surface area contributed by atoms with Crippen LogP contribution in [0.4, 0.5) is 10.5 Å². The highest BCUT2D eigenvalue weighted by Crippen LogP contribution is 2.29. The molecule has 1 heterocycles. The third-order valence-corrected chi connectivity index (χ3v) is 7.03. The summed E-state index contributed by atoms with van der Waals surface area (Å²) in [5.41, 5.74) is 3.84. The van der Waals surface area contributed by atoms with E-state index >= 15 is 0 Å². The molecule has 1 unspecified atom stereocenters. The van der Waals surface area contributed by atoms with E-state index in [1.807, 2.05) is 118 Å². The number of anilines is 1. The molecule has 0 fully saturated rings. The number of fused-ring (bicyclic) bond motifs is 1. The van der Waals surface area contributed by atoms with Gasteiger partial charge in [0.25, 0.3) is 5.56 Å². The topological polar surface area (TPSA) is 76.5 Å². The van der Waals surface area contributed by atoms with Crippen molar-refractivity contribution < 1.29 is 9.53 Å². The zero-order valence-corrected chi connectivity index (χ0v) is 23.6. The van der Waals surface area contributed by atoms with Crippen molar-refractivity contribution in [3.05, 3.63) is 130 Å². The van der Waals surface area contributed by atoms with Gasteiger partial charge in [0.05, 0.1) is 29.2 Å². The van der Waals surface area contributed by atoms with E-state index in [1.165, 1.54) is 0 Å². The zero-order valence-electron chi connectivity index (χ0n) is 23.6. The number of ether oxygens (including phenoxy) is 1. The SMILES string of the molecule is CCOc1ccc(-n2c(C(CC)N(Cc3ccccc3)C(=O)Nc3ccc(C)cc3)nc3ccccc3c2=O)cc1. The van der Waals surface area contributed by atoms with Gasteiger partial charge in [-0.15, -0.1) is 0 Å². The van der Waals surface area contributed by atoms with Crippen LogP contribution in [0.3, 0.4) is 0 Å². The second-order valence-electron chi connectivity index (χ2n) is 9.89. The summed E-state index contributed by atoms with van der Waals surface area (Å²) in [7, 11) is 0. The summed E-state index contributed by atoms with van der Waals surface area (Å²) >= 11 is 0. The summed E-state index contributed by atoms with van der Waals surface area (Å²) in [6.45, 7) is 6.82. The van der Waals surface area contributed by atoms with E-state index in [-0.39, 0.29) is 11.6 Å². The molecule has 1 aromatic heterocycles. The van der Waals surface area contributed by atoms with Gasteiger partial charge in [0.2, 0.25) is 0 Å². The molecule has 41 heavy (non-hydrogen) atoms. The summed E-state index contributed by atoms with van der Waals surface area (Å²) in [5, 5.41) is 3.57. The molecule has 7 nitrogen and oxygen atoms in total. The summed E-state index contributed by atoms with van der Waals surface area (Å²) in [4.78, 5) is 34.8. The lowest BCUT2D eigenvalue weighted by Crippen LogP contribution is -2.40. The molecule has 0 bridgehead atoms. The number of para-hydroxylation sites is 1. The minimum absolute atomic E-state index is 0.188. The Morgan fingerprint density at radius 1 is 0.902 bits per heavy atom. The summed E-state index contributed by atoms with van der Waals surface area (Å²) in [6.07, 6.45) is 0.538. The Labute approximate surface area is 240 Å². The van der Waals surface area contributed by atoms with Crippen LogP contribution in [-0.2, 0) is 6.54 Å². The predicted molar refractivity (Wildman–Crippen MR) is 164 cm³/mol. The second kappa shape index (κ2) is 12.5. The predicted octanol–water partition coefficient (Wildman–Crippen LogP) is 7.28. The lowest BCUT2D eigenvalue weighted by molar-refractivity contribution is 0.177. The van der Waals surface area contributed by atoms with Crippen molar-refractivity contribution in [3.8, 4) is 11.4 Å². The Bertz CT molecular complexity index is 1680. The molecule has 5 rings (SSSR count). The van der Waals surface area contributed by atoms with Crippen LogP contribution >= 0.6 is 0 Å². The number of hydrogen-bond acceptors (Lipinski definition) is 4. The van der Waals surface area contributed by atoms with Crippen molar-refractivity contribution in [2.75, 3.05) is 11.9 Å². The minimum atomic E-state index is -0.510. The Balaban J connectivity index is 1.65. The van der Waals surface area contributed by atoms with Crippen LogP contribution in [0.25, 0.3) is 16.6 Å². The third kappa shape index (κ3) is 6.14. The number of nitrogens with zero attached hydrogens (tertiary/aromatic N) is 3. The van der Waals surface area contributed by atoms with Crippen LogP contribution < -0.4 is 15.6 Å². The molecule has 7 heteroatoms. The highest BCUT2D eigenvalue weighted by molar-refractivity contribution is 5.89. The molecule has 4 aromatic carbocycles. The maximum absolute atomic E-state index is 14.0. The number of hydrogen-bond donors (Lipinski definition) is 1. The Morgan fingerprint density at radius 2 is 1.59 bits per heavy atom. The molecule has 0 aliphatic heterocycles. The molecular weight excluding hydrogens is 512 g/mol. The van der Waals surface area contributed by atoms with Gasteiger partial charge in [0.1, 0.15) is 11.6 Å². The van der Waals surface area contributed by atoms with E-state index in [4.69, 9.17) is 9.72 Å². The van der Waals surface area contributed by atoms with Crippen LogP contribution in [0.5, 0.6) is 5.75 Å². The average Bonchev–Trinajstić information content (AvgIpc) is 2.99. The highest BCUT2D eigenvalue weighted by Gasteiger charge is 2.29. The number of amides is 2. The fourth-order valence-corrected chi connectivity index (χ4v) is 4.96. The van der Waals surface area contributed by atoms with Gasteiger partial charge >= 0.3 is 6.03 Å². The molecule has 0 radical (unpaired) electrons. The highest BCUT2D eigenvalue weighted by atomic mass is 16.5. The summed E-state index contributed by atoms with van der Waals surface area (Å²) < 4.78 is 7.26. The lowest BCUT2D eigenvalue weighted by atomic mass is 10.1. The van der Waals surface area contributed by atoms with Gasteiger partial charge in [0.15, 0.2) is 0 Å². The van der Waals surface area contributed by atoms with Crippen LogP contribution in [-0.4, -0.2) is 27.1 Å². The first-order chi connectivity index (χ1) is 20.0. The Kier molecular flexibility index (Phi) is 8.44. The fraction of sp³-hybridized carbons (Fsp3) is 0.206. The molecule has 208 valence electrons. The molecule has 5 aromatic rings. The first kappa shape index (κ1) is 27.6. The number of benzene rings is 4. The van der Waals surface area contributed by atoms with Gasteiger partial charge in [-0.2, -0.15) is 0 Å². The monoisotopic (exact) mass is 546 g/mol. The van der Waals surface area contributed by atoms with Gasteiger partial charge in [-0.05, 0) is 74.4 Å². The van der Waals surface area contributed by atoms with E-state index in [0.29, 0.717) is 47.7 Å². The minimum Gasteiger partial charge on any atom is -0.494 e. The van der Waals surface area contributed by atoms with Crippen LogP contribution in [0, 0.1) is 6.92 Å². The molecule has 0 aliphatic rings. The van der Waals surface area contributed by atoms with E-state index < -0.39 is 6.04 Å². The fourth-order valence-electron chi connectivity index (χ4n) is 4.96. The van der Waals surface area contributed by atoms with Crippen molar-refractivity contribution in [3.63, 3.8) is 0 Å². The molecule has 2 amide bonds. The smallest absolute Gasteiger partial charge is 0.322 e. The molecule has 0 saturated carbocycles. The van der Waals surface area contributed by atoms with Gasteiger partial charge in [0, 0.05) is 12.2 Å². The van der Waals surface area contributed by atoms with Crippen LogP contribution in [0.15, 0.2) is 108 Å². The van der Waals surface area contributed by atoms with E-state index in [0.717, 1.165) is 16.9 Å². The lowest BCUT2D eigenvalue weighted by Gasteiger charge is -2.32. The first-order valence-electron chi connectivity index (χ1n) is 13.9. The number of rotatable bonds is 9. The molecular formula is C34H34N4O3. The van der Waals surface area contributed by atoms with Crippen molar-refractivity contribution in [1.82, 2.24) is 14.5 Å². The standard InChI is InChI=1S/C34H34N4O3/c1-4-31(37(23-25-11-7-6-8-12-25)34(40)35-26-17-15-24(3)16-18-26)32-36-30-14-10-9-13-29(30)33(39)38(32)27-19-21-28(22-20-27)41-5-2/h6-22,31H,4-5,23H2,1-3H3,(H,35,40).